The molecule has 0 bridgehead atoms. The number of ether oxygens (including phenoxy) is 1. The Kier molecular flexibility index (Phi) is 5.20. The first-order valence-corrected chi connectivity index (χ1v) is 7.82. The van der Waals surface area contributed by atoms with Gasteiger partial charge in [-0.05, 0) is 31.4 Å². The molecule has 0 atom stereocenters. The smallest absolute Gasteiger partial charge is 0.270 e. The van der Waals surface area contributed by atoms with Crippen molar-refractivity contribution in [3.8, 4) is 23.1 Å². The molecule has 114 valence electrons. The fourth-order valence-electron chi connectivity index (χ4n) is 2.01. The van der Waals surface area contributed by atoms with Crippen molar-refractivity contribution in [3.05, 3.63) is 39.7 Å². The monoisotopic (exact) mass is 317 g/mol. The molecule has 1 aromatic carbocycles. The molecule has 2 N–H and O–H groups in total. The normalized spacial score (nSPS) is 10.3. The fraction of sp³-hybridized carbons (Fsp3) is 0.267. The maximum atomic E-state index is 11.9. The van der Waals surface area contributed by atoms with Crippen LogP contribution in [0.5, 0.6) is 5.75 Å². The van der Waals surface area contributed by atoms with Crippen LogP contribution in [-0.4, -0.2) is 27.9 Å². The Morgan fingerprint density at radius 2 is 2.27 bits per heavy atom. The predicted molar refractivity (Wildman–Crippen MR) is 83.9 cm³/mol. The standard InChI is InChI=1S/C15H15N3O3S/c1-3-21-12-5-4-9(6-10(12)8-19)13-11(7-16)14(20)18-15(17-13)22-2/h4-6,19H,3,8H2,1-2H3,(H,17,18,20). The van der Waals surface area contributed by atoms with Gasteiger partial charge in [-0.2, -0.15) is 5.26 Å². The summed E-state index contributed by atoms with van der Waals surface area (Å²) in [6, 6.07) is 6.98. The van der Waals surface area contributed by atoms with Gasteiger partial charge in [0.2, 0.25) is 0 Å². The average molecular weight is 317 g/mol. The molecule has 0 radical (unpaired) electrons. The maximum absolute atomic E-state index is 11.9. The van der Waals surface area contributed by atoms with Crippen LogP contribution in [0.4, 0.5) is 0 Å². The Labute approximate surface area is 131 Å². The summed E-state index contributed by atoms with van der Waals surface area (Å²) in [6.07, 6.45) is 1.78. The van der Waals surface area contributed by atoms with E-state index in [1.165, 1.54) is 11.8 Å². The fourth-order valence-corrected chi connectivity index (χ4v) is 2.39. The van der Waals surface area contributed by atoms with Gasteiger partial charge in [0.05, 0.1) is 18.9 Å². The minimum Gasteiger partial charge on any atom is -0.494 e. The summed E-state index contributed by atoms with van der Waals surface area (Å²) < 4.78 is 5.43. The second-order valence-corrected chi connectivity index (χ2v) is 5.12. The Balaban J connectivity index is 2.63. The van der Waals surface area contributed by atoms with Crippen molar-refractivity contribution in [1.82, 2.24) is 9.97 Å². The lowest BCUT2D eigenvalue weighted by Gasteiger charge is -2.11. The van der Waals surface area contributed by atoms with Gasteiger partial charge in [0.25, 0.3) is 5.56 Å². The Hall–Kier alpha value is -2.30. The Morgan fingerprint density at radius 1 is 1.50 bits per heavy atom. The molecule has 6 nitrogen and oxygen atoms in total. The van der Waals surface area contributed by atoms with Gasteiger partial charge in [-0.25, -0.2) is 4.98 Å². The number of nitrogens with one attached hydrogen (secondary N) is 1. The first-order chi connectivity index (χ1) is 10.6. The molecule has 0 unspecified atom stereocenters. The minimum absolute atomic E-state index is 0.0501. The number of aromatic amines is 1. The number of nitrogens with zero attached hydrogens (tertiary/aromatic N) is 2. The molecule has 0 fully saturated rings. The number of H-pyrrole nitrogens is 1. The van der Waals surface area contributed by atoms with Crippen molar-refractivity contribution in [1.29, 1.82) is 5.26 Å². The molecule has 2 rings (SSSR count). The van der Waals surface area contributed by atoms with Crippen molar-refractivity contribution in [2.45, 2.75) is 18.7 Å². The van der Waals surface area contributed by atoms with E-state index in [-0.39, 0.29) is 12.2 Å². The van der Waals surface area contributed by atoms with Crippen LogP contribution in [0.3, 0.4) is 0 Å². The van der Waals surface area contributed by atoms with Gasteiger partial charge in [-0.3, -0.25) is 4.79 Å². The highest BCUT2D eigenvalue weighted by Gasteiger charge is 2.15. The average Bonchev–Trinajstić information content (AvgIpc) is 2.54. The second-order valence-electron chi connectivity index (χ2n) is 4.32. The number of aromatic nitrogens is 2. The highest BCUT2D eigenvalue weighted by Crippen LogP contribution is 2.27. The predicted octanol–water partition coefficient (Wildman–Crippen LogP) is 1.92. The zero-order chi connectivity index (χ0) is 16.1. The largest absolute Gasteiger partial charge is 0.494 e. The lowest BCUT2D eigenvalue weighted by atomic mass is 10.0. The zero-order valence-electron chi connectivity index (χ0n) is 12.2. The summed E-state index contributed by atoms with van der Waals surface area (Å²) in [5.74, 6) is 0.571. The zero-order valence-corrected chi connectivity index (χ0v) is 13.0. The lowest BCUT2D eigenvalue weighted by Crippen LogP contribution is -2.14. The Bertz CT molecular complexity index is 781. The molecule has 22 heavy (non-hydrogen) atoms. The summed E-state index contributed by atoms with van der Waals surface area (Å²) in [7, 11) is 0. The van der Waals surface area contributed by atoms with Gasteiger partial charge in [0.1, 0.15) is 17.4 Å². The first-order valence-electron chi connectivity index (χ1n) is 6.60. The van der Waals surface area contributed by atoms with E-state index in [1.807, 2.05) is 13.0 Å². The number of hydrogen-bond acceptors (Lipinski definition) is 6. The number of rotatable bonds is 5. The quantitative estimate of drug-likeness (QED) is 0.645. The van der Waals surface area contributed by atoms with Crippen LogP contribution in [0, 0.1) is 11.3 Å². The molecule has 0 aliphatic rings. The van der Waals surface area contributed by atoms with Crippen LogP contribution in [0.15, 0.2) is 28.2 Å². The van der Waals surface area contributed by atoms with E-state index in [0.717, 1.165) is 0 Å². The van der Waals surface area contributed by atoms with Gasteiger partial charge >= 0.3 is 0 Å². The molecule has 1 aromatic heterocycles. The van der Waals surface area contributed by atoms with E-state index in [1.54, 1.807) is 24.5 Å². The number of aliphatic hydroxyl groups excluding tert-OH is 1. The lowest BCUT2D eigenvalue weighted by molar-refractivity contribution is 0.267. The molecule has 0 aliphatic carbocycles. The van der Waals surface area contributed by atoms with Crippen LogP contribution in [-0.2, 0) is 6.61 Å². The van der Waals surface area contributed by atoms with Gasteiger partial charge in [0, 0.05) is 11.1 Å². The van der Waals surface area contributed by atoms with Crippen LogP contribution in [0.1, 0.15) is 18.1 Å². The number of hydrogen-bond donors (Lipinski definition) is 2. The third-order valence-electron chi connectivity index (χ3n) is 3.01. The van der Waals surface area contributed by atoms with Gasteiger partial charge in [-0.1, -0.05) is 11.8 Å². The van der Waals surface area contributed by atoms with Gasteiger partial charge < -0.3 is 14.8 Å². The van der Waals surface area contributed by atoms with Crippen molar-refractivity contribution >= 4 is 11.8 Å². The topological polar surface area (TPSA) is 99.0 Å². The summed E-state index contributed by atoms with van der Waals surface area (Å²) in [5, 5.41) is 19.1. The highest BCUT2D eigenvalue weighted by atomic mass is 32.2. The summed E-state index contributed by atoms with van der Waals surface area (Å²) >= 11 is 1.28. The highest BCUT2D eigenvalue weighted by molar-refractivity contribution is 7.98. The molecule has 0 aliphatic heterocycles. The summed E-state index contributed by atoms with van der Waals surface area (Å²) in [4.78, 5) is 18.8. The van der Waals surface area contributed by atoms with Crippen LogP contribution < -0.4 is 10.3 Å². The number of benzene rings is 1. The molecule has 0 saturated heterocycles. The minimum atomic E-state index is -0.476. The van der Waals surface area contributed by atoms with Gasteiger partial charge in [0.15, 0.2) is 5.16 Å². The molecule has 1 heterocycles. The second kappa shape index (κ2) is 7.11. The van der Waals surface area contributed by atoms with Crippen molar-refractivity contribution in [2.24, 2.45) is 0 Å². The van der Waals surface area contributed by atoms with E-state index in [9.17, 15) is 15.2 Å². The molecule has 2 aromatic rings. The first kappa shape index (κ1) is 16.1. The SMILES string of the molecule is CCOc1ccc(-c2nc(SC)[nH]c(=O)c2C#N)cc1CO. The van der Waals surface area contributed by atoms with Crippen LogP contribution in [0.2, 0.25) is 0 Å². The molecule has 7 heteroatoms. The third-order valence-corrected chi connectivity index (χ3v) is 3.59. The van der Waals surface area contributed by atoms with Crippen LogP contribution >= 0.6 is 11.8 Å². The summed E-state index contributed by atoms with van der Waals surface area (Å²) in [6.45, 7) is 2.13. The van der Waals surface area contributed by atoms with Crippen molar-refractivity contribution < 1.29 is 9.84 Å². The molecule has 0 spiro atoms. The van der Waals surface area contributed by atoms with E-state index < -0.39 is 5.56 Å². The number of thioether (sulfide) groups is 1. The van der Waals surface area contributed by atoms with Crippen LogP contribution in [0.25, 0.3) is 11.3 Å². The third kappa shape index (κ3) is 3.13. The molecule has 0 saturated carbocycles. The van der Waals surface area contributed by atoms with E-state index in [4.69, 9.17) is 4.74 Å². The molecule has 0 amide bonds. The number of nitriles is 1. The molecular formula is C15H15N3O3S. The van der Waals surface area contributed by atoms with Gasteiger partial charge in [-0.15, -0.1) is 0 Å². The molecular weight excluding hydrogens is 302 g/mol. The van der Waals surface area contributed by atoms with E-state index in [2.05, 4.69) is 9.97 Å². The maximum Gasteiger partial charge on any atom is 0.270 e. The van der Waals surface area contributed by atoms with Crippen molar-refractivity contribution in [3.63, 3.8) is 0 Å². The van der Waals surface area contributed by atoms with E-state index >= 15 is 0 Å². The Morgan fingerprint density at radius 3 is 2.86 bits per heavy atom. The van der Waals surface area contributed by atoms with Crippen molar-refractivity contribution in [2.75, 3.05) is 12.9 Å². The summed E-state index contributed by atoms with van der Waals surface area (Å²) in [5.41, 5.74) is 0.942. The number of aliphatic hydroxyl groups is 1. The van der Waals surface area contributed by atoms with E-state index in [0.29, 0.717) is 34.3 Å².